The Labute approximate surface area is 217 Å². The van der Waals surface area contributed by atoms with Crippen LogP contribution < -0.4 is 10.1 Å². The fourth-order valence-corrected chi connectivity index (χ4v) is 4.55. The summed E-state index contributed by atoms with van der Waals surface area (Å²) < 4.78 is 6.81. The van der Waals surface area contributed by atoms with E-state index in [-0.39, 0.29) is 18.2 Å². The number of ether oxygens (including phenoxy) is 1. The number of nitro benzene ring substituents is 1. The molecular formula is C24H16Br2ClN3O4. The highest BCUT2D eigenvalue weighted by atomic mass is 79.9. The van der Waals surface area contributed by atoms with Crippen molar-refractivity contribution >= 4 is 72.4 Å². The molecule has 0 heterocycles. The van der Waals surface area contributed by atoms with Crippen molar-refractivity contribution in [2.24, 2.45) is 0 Å². The maximum atomic E-state index is 12.3. The monoisotopic (exact) mass is 603 g/mol. The lowest BCUT2D eigenvalue weighted by atomic mass is 10.0. The smallest absolute Gasteiger partial charge is 0.269 e. The molecule has 0 radical (unpaired) electrons. The molecule has 3 aromatic carbocycles. The summed E-state index contributed by atoms with van der Waals surface area (Å²) in [6.07, 6.45) is 1.65. The number of hydrogen-bond donors (Lipinski definition) is 1. The van der Waals surface area contributed by atoms with E-state index in [1.807, 2.05) is 13.0 Å². The standard InChI is InChI=1S/C24H16Br2ClN3O4/c1-14-2-5-18(11-22(14)27)29-23(31)13-34-24-20(25)9-15(10-21(24)26)8-17(12-28)16-3-6-19(7-4-16)30(32)33/h2-11H,13H2,1H3,(H,29,31)/b17-8+. The third kappa shape index (κ3) is 6.44. The molecule has 34 heavy (non-hydrogen) atoms. The van der Waals surface area contributed by atoms with Crippen LogP contribution in [0.3, 0.4) is 0 Å². The number of halogens is 3. The quantitative estimate of drug-likeness (QED) is 0.133. The first-order valence-electron chi connectivity index (χ1n) is 9.72. The minimum atomic E-state index is -0.497. The van der Waals surface area contributed by atoms with Gasteiger partial charge in [-0.1, -0.05) is 17.7 Å². The van der Waals surface area contributed by atoms with Crippen LogP contribution in [0.2, 0.25) is 5.02 Å². The molecule has 0 aliphatic rings. The molecule has 1 N–H and O–H groups in total. The Hall–Kier alpha value is -3.19. The Morgan fingerprint density at radius 3 is 2.38 bits per heavy atom. The van der Waals surface area contributed by atoms with E-state index in [1.165, 1.54) is 24.3 Å². The fraction of sp³-hybridized carbons (Fsp3) is 0.0833. The van der Waals surface area contributed by atoms with E-state index >= 15 is 0 Å². The largest absolute Gasteiger partial charge is 0.481 e. The van der Waals surface area contributed by atoms with Gasteiger partial charge in [0.15, 0.2) is 6.61 Å². The first-order valence-corrected chi connectivity index (χ1v) is 11.7. The maximum absolute atomic E-state index is 12.3. The highest BCUT2D eigenvalue weighted by Crippen LogP contribution is 2.36. The Morgan fingerprint density at radius 2 is 1.82 bits per heavy atom. The van der Waals surface area contributed by atoms with Crippen LogP contribution in [0.25, 0.3) is 11.6 Å². The zero-order chi connectivity index (χ0) is 24.8. The summed E-state index contributed by atoms with van der Waals surface area (Å²) in [6.45, 7) is 1.64. The Balaban J connectivity index is 1.73. The minimum absolute atomic E-state index is 0.0532. The molecule has 0 aliphatic carbocycles. The number of amides is 1. The number of nitriles is 1. The number of nitro groups is 1. The summed E-state index contributed by atoms with van der Waals surface area (Å²) in [7, 11) is 0. The first kappa shape index (κ1) is 25.4. The lowest BCUT2D eigenvalue weighted by Gasteiger charge is -2.12. The van der Waals surface area contributed by atoms with Crippen molar-refractivity contribution in [1.82, 2.24) is 0 Å². The van der Waals surface area contributed by atoms with Gasteiger partial charge in [0.25, 0.3) is 11.6 Å². The van der Waals surface area contributed by atoms with Crippen molar-refractivity contribution in [3.05, 3.63) is 95.4 Å². The van der Waals surface area contributed by atoms with Gasteiger partial charge in [-0.2, -0.15) is 5.26 Å². The van der Waals surface area contributed by atoms with Crippen molar-refractivity contribution in [2.45, 2.75) is 6.92 Å². The Kier molecular flexibility index (Phi) is 8.45. The third-order valence-electron chi connectivity index (χ3n) is 4.64. The van der Waals surface area contributed by atoms with E-state index in [9.17, 15) is 20.2 Å². The molecule has 172 valence electrons. The predicted octanol–water partition coefficient (Wildman–Crippen LogP) is 7.16. The van der Waals surface area contributed by atoms with Gasteiger partial charge in [-0.05, 0) is 97.9 Å². The number of aryl methyl sites for hydroxylation is 1. The highest BCUT2D eigenvalue weighted by Gasteiger charge is 2.13. The van der Waals surface area contributed by atoms with Crippen LogP contribution in [-0.4, -0.2) is 17.4 Å². The Morgan fingerprint density at radius 1 is 1.18 bits per heavy atom. The molecule has 7 nitrogen and oxygen atoms in total. The number of nitrogens with zero attached hydrogens (tertiary/aromatic N) is 2. The molecule has 0 aliphatic heterocycles. The molecule has 0 bridgehead atoms. The number of carbonyl (C=O) groups is 1. The summed E-state index contributed by atoms with van der Waals surface area (Å²) in [5.74, 6) is 0.0655. The van der Waals surface area contributed by atoms with Gasteiger partial charge < -0.3 is 10.1 Å². The van der Waals surface area contributed by atoms with Gasteiger partial charge in [-0.25, -0.2) is 0 Å². The lowest BCUT2D eigenvalue weighted by molar-refractivity contribution is -0.384. The third-order valence-corrected chi connectivity index (χ3v) is 6.23. The van der Waals surface area contributed by atoms with Gasteiger partial charge in [-0.15, -0.1) is 0 Å². The van der Waals surface area contributed by atoms with E-state index in [4.69, 9.17) is 16.3 Å². The number of nitrogens with one attached hydrogen (secondary N) is 1. The number of benzene rings is 3. The summed E-state index contributed by atoms with van der Waals surface area (Å²) >= 11 is 13.0. The van der Waals surface area contributed by atoms with Gasteiger partial charge in [-0.3, -0.25) is 14.9 Å². The average Bonchev–Trinajstić information content (AvgIpc) is 2.79. The molecule has 3 aromatic rings. The second-order valence-electron chi connectivity index (χ2n) is 7.09. The van der Waals surface area contributed by atoms with Gasteiger partial charge in [0.05, 0.1) is 25.5 Å². The molecular weight excluding hydrogens is 590 g/mol. The van der Waals surface area contributed by atoms with Crippen LogP contribution in [0.1, 0.15) is 16.7 Å². The molecule has 0 fully saturated rings. The molecule has 0 saturated heterocycles. The molecule has 1 amide bonds. The van der Waals surface area contributed by atoms with Crippen LogP contribution >= 0.6 is 43.5 Å². The first-order chi connectivity index (χ1) is 16.2. The molecule has 10 heteroatoms. The van der Waals surface area contributed by atoms with E-state index in [0.29, 0.717) is 42.1 Å². The number of rotatable bonds is 7. The number of hydrogen-bond acceptors (Lipinski definition) is 5. The summed E-state index contributed by atoms with van der Waals surface area (Å²) in [4.78, 5) is 22.6. The van der Waals surface area contributed by atoms with E-state index in [2.05, 4.69) is 43.2 Å². The van der Waals surface area contributed by atoms with Crippen LogP contribution in [-0.2, 0) is 4.79 Å². The number of non-ortho nitro benzene ring substituents is 1. The van der Waals surface area contributed by atoms with Crippen LogP contribution in [0.4, 0.5) is 11.4 Å². The lowest BCUT2D eigenvalue weighted by Crippen LogP contribution is -2.20. The summed E-state index contributed by atoms with van der Waals surface area (Å²) in [6, 6.07) is 16.5. The van der Waals surface area contributed by atoms with Crippen LogP contribution in [0.5, 0.6) is 5.75 Å². The number of anilines is 1. The van der Waals surface area contributed by atoms with Crippen molar-refractivity contribution in [3.63, 3.8) is 0 Å². The van der Waals surface area contributed by atoms with Crippen molar-refractivity contribution in [3.8, 4) is 11.8 Å². The number of carbonyl (C=O) groups excluding carboxylic acids is 1. The summed E-state index contributed by atoms with van der Waals surface area (Å²) in [5, 5.41) is 23.7. The predicted molar refractivity (Wildman–Crippen MR) is 139 cm³/mol. The fourth-order valence-electron chi connectivity index (χ4n) is 2.92. The average molecular weight is 606 g/mol. The molecule has 0 spiro atoms. The maximum Gasteiger partial charge on any atom is 0.269 e. The molecule has 0 saturated carbocycles. The van der Waals surface area contributed by atoms with E-state index < -0.39 is 4.92 Å². The zero-order valence-corrected chi connectivity index (χ0v) is 21.6. The van der Waals surface area contributed by atoms with Crippen molar-refractivity contribution < 1.29 is 14.5 Å². The minimum Gasteiger partial charge on any atom is -0.481 e. The highest BCUT2D eigenvalue weighted by molar-refractivity contribution is 9.11. The molecule has 0 unspecified atom stereocenters. The van der Waals surface area contributed by atoms with Crippen molar-refractivity contribution in [2.75, 3.05) is 11.9 Å². The number of allylic oxidation sites excluding steroid dienone is 1. The van der Waals surface area contributed by atoms with E-state index in [0.717, 1.165) is 5.56 Å². The topological polar surface area (TPSA) is 105 Å². The second kappa shape index (κ2) is 11.3. The molecule has 0 atom stereocenters. The molecule has 3 rings (SSSR count). The van der Waals surface area contributed by atoms with E-state index in [1.54, 1.807) is 30.3 Å². The van der Waals surface area contributed by atoms with Gasteiger partial charge in [0.2, 0.25) is 0 Å². The summed E-state index contributed by atoms with van der Waals surface area (Å²) in [5.41, 5.74) is 2.98. The second-order valence-corrected chi connectivity index (χ2v) is 9.20. The normalized spacial score (nSPS) is 11.0. The zero-order valence-electron chi connectivity index (χ0n) is 17.6. The van der Waals surface area contributed by atoms with Crippen LogP contribution in [0.15, 0.2) is 63.5 Å². The SMILES string of the molecule is Cc1ccc(NC(=O)COc2c(Br)cc(/C=C(\C#N)c3ccc([N+](=O)[O-])cc3)cc2Br)cc1Cl. The van der Waals surface area contributed by atoms with Gasteiger partial charge in [0, 0.05) is 22.8 Å². The van der Waals surface area contributed by atoms with Gasteiger partial charge in [0.1, 0.15) is 5.75 Å². The van der Waals surface area contributed by atoms with Crippen molar-refractivity contribution in [1.29, 1.82) is 5.26 Å². The Bertz CT molecular complexity index is 1310. The molecule has 0 aromatic heterocycles. The van der Waals surface area contributed by atoms with Gasteiger partial charge >= 0.3 is 0 Å². The van der Waals surface area contributed by atoms with Crippen LogP contribution in [0, 0.1) is 28.4 Å².